The number of likely N-dealkylation sites (N-methyl/N-ethyl adjacent to an activating group) is 1. The standard InChI is InChI=1S/C15H18Cl2N2O4S/c1-19(14(21)9-24-6-5-15(22)23-2)8-13(20)18-10-3-4-11(16)12(17)7-10/h3-4,7H,5-6,8-9H2,1-2H3,(H,18,20). The molecule has 1 N–H and O–H groups in total. The maximum atomic E-state index is 11.9. The second-order valence-electron chi connectivity index (χ2n) is 4.81. The molecule has 6 nitrogen and oxygen atoms in total. The van der Waals surface area contributed by atoms with Crippen LogP contribution in [0.5, 0.6) is 0 Å². The van der Waals surface area contributed by atoms with Gasteiger partial charge in [-0.3, -0.25) is 14.4 Å². The number of halogens is 2. The summed E-state index contributed by atoms with van der Waals surface area (Å²) in [5.41, 5.74) is 0.503. The van der Waals surface area contributed by atoms with E-state index >= 15 is 0 Å². The lowest BCUT2D eigenvalue weighted by atomic mass is 10.3. The normalized spacial score (nSPS) is 10.2. The van der Waals surface area contributed by atoms with Gasteiger partial charge in [-0.15, -0.1) is 0 Å². The first-order valence-electron chi connectivity index (χ1n) is 6.97. The van der Waals surface area contributed by atoms with Gasteiger partial charge in [0.15, 0.2) is 0 Å². The molecule has 24 heavy (non-hydrogen) atoms. The highest BCUT2D eigenvalue weighted by Gasteiger charge is 2.14. The van der Waals surface area contributed by atoms with Gasteiger partial charge < -0.3 is 15.0 Å². The van der Waals surface area contributed by atoms with Crippen molar-refractivity contribution in [3.8, 4) is 0 Å². The molecule has 2 amide bonds. The average molecular weight is 393 g/mol. The van der Waals surface area contributed by atoms with Crippen LogP contribution in [0.25, 0.3) is 0 Å². The monoisotopic (exact) mass is 392 g/mol. The van der Waals surface area contributed by atoms with Gasteiger partial charge in [-0.05, 0) is 18.2 Å². The van der Waals surface area contributed by atoms with Crippen LogP contribution in [0.4, 0.5) is 5.69 Å². The Morgan fingerprint density at radius 1 is 1.25 bits per heavy atom. The minimum Gasteiger partial charge on any atom is -0.469 e. The minimum absolute atomic E-state index is 0.0867. The number of ether oxygens (including phenoxy) is 1. The minimum atomic E-state index is -0.344. The second kappa shape index (κ2) is 10.4. The zero-order valence-electron chi connectivity index (χ0n) is 13.3. The maximum Gasteiger partial charge on any atom is 0.306 e. The third-order valence-electron chi connectivity index (χ3n) is 2.91. The second-order valence-corrected chi connectivity index (χ2v) is 6.73. The largest absolute Gasteiger partial charge is 0.469 e. The number of anilines is 1. The Labute approximate surface area is 154 Å². The molecular formula is C15H18Cl2N2O4S. The Kier molecular flexibility index (Phi) is 8.95. The number of benzene rings is 1. The van der Waals surface area contributed by atoms with Crippen molar-refractivity contribution < 1.29 is 19.1 Å². The highest BCUT2D eigenvalue weighted by molar-refractivity contribution is 7.99. The van der Waals surface area contributed by atoms with Crippen LogP contribution in [0.1, 0.15) is 6.42 Å². The Morgan fingerprint density at radius 3 is 2.58 bits per heavy atom. The van der Waals surface area contributed by atoms with E-state index in [1.807, 2.05) is 0 Å². The quantitative estimate of drug-likeness (QED) is 0.543. The number of rotatable bonds is 8. The van der Waals surface area contributed by atoms with Crippen molar-refractivity contribution in [1.29, 1.82) is 0 Å². The fourth-order valence-electron chi connectivity index (χ4n) is 1.61. The molecule has 0 atom stereocenters. The Bertz CT molecular complexity index is 613. The summed E-state index contributed by atoms with van der Waals surface area (Å²) in [7, 11) is 2.86. The molecular weight excluding hydrogens is 375 g/mol. The van der Waals surface area contributed by atoms with Gasteiger partial charge in [0.2, 0.25) is 11.8 Å². The maximum absolute atomic E-state index is 11.9. The van der Waals surface area contributed by atoms with Crippen molar-refractivity contribution in [2.24, 2.45) is 0 Å². The Morgan fingerprint density at radius 2 is 1.96 bits per heavy atom. The topological polar surface area (TPSA) is 75.7 Å². The summed E-state index contributed by atoms with van der Waals surface area (Å²) >= 11 is 13.0. The number of hydrogen-bond donors (Lipinski definition) is 1. The van der Waals surface area contributed by atoms with Crippen molar-refractivity contribution in [3.05, 3.63) is 28.2 Å². The molecule has 132 valence electrons. The number of hydrogen-bond acceptors (Lipinski definition) is 5. The number of nitrogens with one attached hydrogen (secondary N) is 1. The van der Waals surface area contributed by atoms with Crippen molar-refractivity contribution in [2.75, 3.05) is 37.5 Å². The highest BCUT2D eigenvalue weighted by atomic mass is 35.5. The molecule has 0 saturated heterocycles. The number of esters is 1. The number of carbonyl (C=O) groups is 3. The van der Waals surface area contributed by atoms with Gasteiger partial charge in [0.25, 0.3) is 0 Å². The van der Waals surface area contributed by atoms with Crippen LogP contribution in [0, 0.1) is 0 Å². The van der Waals surface area contributed by atoms with E-state index in [2.05, 4.69) is 10.1 Å². The van der Waals surface area contributed by atoms with Gasteiger partial charge in [-0.2, -0.15) is 11.8 Å². The predicted octanol–water partition coefficient (Wildman–Crippen LogP) is 2.69. The third kappa shape index (κ3) is 7.42. The molecule has 0 bridgehead atoms. The fraction of sp³-hybridized carbons (Fsp3) is 0.400. The summed E-state index contributed by atoms with van der Waals surface area (Å²) in [5, 5.41) is 3.37. The number of carbonyl (C=O) groups excluding carboxylic acids is 3. The van der Waals surface area contributed by atoms with Crippen LogP contribution in [-0.2, 0) is 19.1 Å². The molecule has 1 rings (SSSR count). The number of methoxy groups -OCH3 is 1. The zero-order chi connectivity index (χ0) is 18.1. The van der Waals surface area contributed by atoms with Crippen molar-refractivity contribution >= 4 is 58.4 Å². The summed E-state index contributed by atoms with van der Waals surface area (Å²) in [6.07, 6.45) is 0.246. The van der Waals surface area contributed by atoms with Crippen LogP contribution >= 0.6 is 35.0 Å². The van der Waals surface area contributed by atoms with Gasteiger partial charge in [-0.1, -0.05) is 23.2 Å². The van der Waals surface area contributed by atoms with Crippen LogP contribution in [-0.4, -0.2) is 54.9 Å². The molecule has 9 heteroatoms. The van der Waals surface area contributed by atoms with E-state index in [1.54, 1.807) is 12.1 Å². The molecule has 0 unspecified atom stereocenters. The fourth-order valence-corrected chi connectivity index (χ4v) is 2.75. The van der Waals surface area contributed by atoms with Gasteiger partial charge in [0.1, 0.15) is 0 Å². The molecule has 0 aliphatic heterocycles. The lowest BCUT2D eigenvalue weighted by molar-refractivity contribution is -0.140. The van der Waals surface area contributed by atoms with E-state index in [0.29, 0.717) is 21.5 Å². The molecule has 0 spiro atoms. The summed E-state index contributed by atoms with van der Waals surface area (Å²) in [5.74, 6) is -0.183. The molecule has 0 aliphatic rings. The van der Waals surface area contributed by atoms with E-state index in [-0.39, 0.29) is 36.5 Å². The van der Waals surface area contributed by atoms with Crippen LogP contribution in [0.15, 0.2) is 18.2 Å². The zero-order valence-corrected chi connectivity index (χ0v) is 15.6. The number of amides is 2. The van der Waals surface area contributed by atoms with Gasteiger partial charge in [-0.25, -0.2) is 0 Å². The summed E-state index contributed by atoms with van der Waals surface area (Å²) in [6, 6.07) is 4.73. The molecule has 0 aliphatic carbocycles. The highest BCUT2D eigenvalue weighted by Crippen LogP contribution is 2.24. The van der Waals surface area contributed by atoms with Gasteiger partial charge >= 0.3 is 5.97 Å². The number of nitrogens with zero attached hydrogens (tertiary/aromatic N) is 1. The molecule has 0 fully saturated rings. The lowest BCUT2D eigenvalue weighted by Gasteiger charge is -2.16. The summed E-state index contributed by atoms with van der Waals surface area (Å²) in [4.78, 5) is 36.1. The first kappa shape index (κ1) is 20.6. The first-order chi connectivity index (χ1) is 11.3. The summed E-state index contributed by atoms with van der Waals surface area (Å²) in [6.45, 7) is -0.0867. The van der Waals surface area contributed by atoms with Gasteiger partial charge in [0, 0.05) is 18.5 Å². The Balaban J connectivity index is 2.35. The van der Waals surface area contributed by atoms with E-state index in [4.69, 9.17) is 23.2 Å². The van der Waals surface area contributed by atoms with Crippen molar-refractivity contribution in [2.45, 2.75) is 6.42 Å². The molecule has 0 radical (unpaired) electrons. The van der Waals surface area contributed by atoms with Crippen molar-refractivity contribution in [3.63, 3.8) is 0 Å². The van der Waals surface area contributed by atoms with Crippen LogP contribution < -0.4 is 5.32 Å². The molecule has 0 heterocycles. The molecule has 1 aromatic rings. The third-order valence-corrected chi connectivity index (χ3v) is 4.60. The molecule has 1 aromatic carbocycles. The summed E-state index contributed by atoms with van der Waals surface area (Å²) < 4.78 is 4.51. The van der Waals surface area contributed by atoms with E-state index in [1.165, 1.54) is 36.9 Å². The first-order valence-corrected chi connectivity index (χ1v) is 8.88. The SMILES string of the molecule is COC(=O)CCSCC(=O)N(C)CC(=O)Nc1ccc(Cl)c(Cl)c1. The smallest absolute Gasteiger partial charge is 0.306 e. The van der Waals surface area contributed by atoms with Crippen LogP contribution in [0.3, 0.4) is 0 Å². The molecule has 0 aromatic heterocycles. The van der Waals surface area contributed by atoms with E-state index < -0.39 is 0 Å². The van der Waals surface area contributed by atoms with Gasteiger partial charge in [0.05, 0.1) is 35.9 Å². The van der Waals surface area contributed by atoms with E-state index in [0.717, 1.165) is 0 Å². The molecule has 0 saturated carbocycles. The number of thioether (sulfide) groups is 1. The average Bonchev–Trinajstić information content (AvgIpc) is 2.54. The predicted molar refractivity (Wildman–Crippen MR) is 96.7 cm³/mol. The lowest BCUT2D eigenvalue weighted by Crippen LogP contribution is -2.36. The Hall–Kier alpha value is -1.44. The van der Waals surface area contributed by atoms with Crippen molar-refractivity contribution in [1.82, 2.24) is 4.90 Å². The van der Waals surface area contributed by atoms with E-state index in [9.17, 15) is 14.4 Å². The van der Waals surface area contributed by atoms with Crippen LogP contribution in [0.2, 0.25) is 10.0 Å².